The minimum absolute atomic E-state index is 0.213. The molecule has 2 heteroatoms. The van der Waals surface area contributed by atoms with Gasteiger partial charge in [-0.3, -0.25) is 0 Å². The van der Waals surface area contributed by atoms with Gasteiger partial charge in [-0.2, -0.15) is 0 Å². The van der Waals surface area contributed by atoms with Crippen LogP contribution in [0, 0.1) is 17.8 Å². The maximum absolute atomic E-state index is 6.29. The molecule has 2 saturated carbocycles. The maximum Gasteiger partial charge on any atom is 0.119 e. The van der Waals surface area contributed by atoms with Gasteiger partial charge in [0, 0.05) is 6.04 Å². The van der Waals surface area contributed by atoms with Crippen molar-refractivity contribution in [1.29, 1.82) is 0 Å². The van der Waals surface area contributed by atoms with Crippen molar-refractivity contribution in [3.8, 4) is 5.75 Å². The first-order valence-corrected chi connectivity index (χ1v) is 6.76. The highest BCUT2D eigenvalue weighted by Crippen LogP contribution is 2.49. The molecule has 0 aliphatic heterocycles. The number of benzene rings is 1. The standard InChI is InChI=1S/C15H21NO/c16-15(10-17-13-4-2-1-3-5-13)14-9-11-6-7-12(14)8-11/h1-5,11-12,14-15H,6-10,16H2. The Bertz CT molecular complexity index is 364. The van der Waals surface area contributed by atoms with Gasteiger partial charge in [0.25, 0.3) is 0 Å². The second kappa shape index (κ2) is 4.69. The number of ether oxygens (including phenoxy) is 1. The molecule has 0 aromatic heterocycles. The minimum atomic E-state index is 0.213. The first-order valence-electron chi connectivity index (χ1n) is 6.76. The lowest BCUT2D eigenvalue weighted by molar-refractivity contribution is 0.202. The SMILES string of the molecule is NC(COc1ccccc1)C1CC2CCC1C2. The lowest BCUT2D eigenvalue weighted by atomic mass is 9.84. The molecular formula is C15H21NO. The van der Waals surface area contributed by atoms with E-state index in [2.05, 4.69) is 0 Å². The molecule has 0 saturated heterocycles. The third-order valence-electron chi connectivity index (χ3n) is 4.53. The molecule has 0 radical (unpaired) electrons. The summed E-state index contributed by atoms with van der Waals surface area (Å²) in [5.74, 6) is 3.49. The molecule has 3 rings (SSSR count). The second-order valence-corrected chi connectivity index (χ2v) is 5.63. The molecule has 2 nitrogen and oxygen atoms in total. The Kier molecular flexibility index (Phi) is 3.06. The summed E-state index contributed by atoms with van der Waals surface area (Å²) >= 11 is 0. The summed E-state index contributed by atoms with van der Waals surface area (Å²) in [5, 5.41) is 0. The Hall–Kier alpha value is -1.02. The van der Waals surface area contributed by atoms with E-state index in [9.17, 15) is 0 Å². The molecule has 2 N–H and O–H groups in total. The van der Waals surface area contributed by atoms with Crippen LogP contribution in [0.25, 0.3) is 0 Å². The van der Waals surface area contributed by atoms with Gasteiger partial charge in [-0.15, -0.1) is 0 Å². The second-order valence-electron chi connectivity index (χ2n) is 5.63. The molecule has 4 atom stereocenters. The van der Waals surface area contributed by atoms with E-state index in [-0.39, 0.29) is 6.04 Å². The number of hydrogen-bond donors (Lipinski definition) is 1. The quantitative estimate of drug-likeness (QED) is 0.864. The molecule has 2 aliphatic rings. The van der Waals surface area contributed by atoms with Gasteiger partial charge in [0.15, 0.2) is 0 Å². The predicted molar refractivity (Wildman–Crippen MR) is 68.9 cm³/mol. The third kappa shape index (κ3) is 2.32. The van der Waals surface area contributed by atoms with Gasteiger partial charge in [-0.25, -0.2) is 0 Å². The van der Waals surface area contributed by atoms with Gasteiger partial charge in [0.1, 0.15) is 12.4 Å². The lowest BCUT2D eigenvalue weighted by Gasteiger charge is -2.27. The van der Waals surface area contributed by atoms with Crippen molar-refractivity contribution in [1.82, 2.24) is 0 Å². The summed E-state index contributed by atoms with van der Waals surface area (Å²) in [6.07, 6.45) is 5.59. The average Bonchev–Trinajstić information content (AvgIpc) is 2.99. The monoisotopic (exact) mass is 231 g/mol. The van der Waals surface area contributed by atoms with Crippen molar-refractivity contribution < 1.29 is 4.74 Å². The van der Waals surface area contributed by atoms with Crippen molar-refractivity contribution in [3.63, 3.8) is 0 Å². The van der Waals surface area contributed by atoms with E-state index in [1.807, 2.05) is 30.3 Å². The number of nitrogens with two attached hydrogens (primary N) is 1. The normalized spacial score (nSPS) is 32.6. The van der Waals surface area contributed by atoms with E-state index >= 15 is 0 Å². The average molecular weight is 231 g/mol. The van der Waals surface area contributed by atoms with Crippen LogP contribution in [0.3, 0.4) is 0 Å². The van der Waals surface area contributed by atoms with Crippen LogP contribution in [0.1, 0.15) is 25.7 Å². The van der Waals surface area contributed by atoms with Gasteiger partial charge < -0.3 is 10.5 Å². The maximum atomic E-state index is 6.29. The fraction of sp³-hybridized carbons (Fsp3) is 0.600. The summed E-state index contributed by atoms with van der Waals surface area (Å²) in [5.41, 5.74) is 6.29. The van der Waals surface area contributed by atoms with Crippen LogP contribution in [0.5, 0.6) is 5.75 Å². The van der Waals surface area contributed by atoms with Crippen molar-refractivity contribution in [2.45, 2.75) is 31.7 Å². The molecule has 92 valence electrons. The van der Waals surface area contributed by atoms with Gasteiger partial charge in [-0.1, -0.05) is 24.6 Å². The van der Waals surface area contributed by atoms with Crippen LogP contribution >= 0.6 is 0 Å². The van der Waals surface area contributed by atoms with Gasteiger partial charge in [-0.05, 0) is 49.1 Å². The summed E-state index contributed by atoms with van der Waals surface area (Å²) < 4.78 is 5.76. The number of fused-ring (bicyclic) bond motifs is 2. The van der Waals surface area contributed by atoms with Crippen LogP contribution < -0.4 is 10.5 Å². The van der Waals surface area contributed by atoms with Crippen LogP contribution in [0.2, 0.25) is 0 Å². The zero-order chi connectivity index (χ0) is 11.7. The van der Waals surface area contributed by atoms with Crippen molar-refractivity contribution in [3.05, 3.63) is 30.3 Å². The van der Waals surface area contributed by atoms with E-state index in [1.54, 1.807) is 0 Å². The van der Waals surface area contributed by atoms with Crippen LogP contribution in [-0.4, -0.2) is 12.6 Å². The van der Waals surface area contributed by atoms with Crippen LogP contribution in [0.15, 0.2) is 30.3 Å². The first-order chi connectivity index (χ1) is 8.33. The first kappa shape index (κ1) is 11.1. The fourth-order valence-corrected chi connectivity index (χ4v) is 3.65. The highest BCUT2D eigenvalue weighted by molar-refractivity contribution is 5.21. The molecule has 17 heavy (non-hydrogen) atoms. The Morgan fingerprint density at radius 1 is 1.18 bits per heavy atom. The Morgan fingerprint density at radius 3 is 2.65 bits per heavy atom. The topological polar surface area (TPSA) is 35.2 Å². The third-order valence-corrected chi connectivity index (χ3v) is 4.53. The summed E-state index contributed by atoms with van der Waals surface area (Å²) in [7, 11) is 0. The summed E-state index contributed by atoms with van der Waals surface area (Å²) in [6, 6.07) is 10.2. The van der Waals surface area contributed by atoms with E-state index < -0.39 is 0 Å². The van der Waals surface area contributed by atoms with E-state index in [1.165, 1.54) is 25.7 Å². The summed E-state index contributed by atoms with van der Waals surface area (Å²) in [4.78, 5) is 0. The van der Waals surface area contributed by atoms with Crippen LogP contribution in [0.4, 0.5) is 0 Å². The van der Waals surface area contributed by atoms with Gasteiger partial charge in [0.2, 0.25) is 0 Å². The molecular weight excluding hydrogens is 210 g/mol. The number of hydrogen-bond acceptors (Lipinski definition) is 2. The highest BCUT2D eigenvalue weighted by Gasteiger charge is 2.42. The minimum Gasteiger partial charge on any atom is -0.492 e. The molecule has 2 fully saturated rings. The smallest absolute Gasteiger partial charge is 0.119 e. The Morgan fingerprint density at radius 2 is 2.00 bits per heavy atom. The van der Waals surface area contributed by atoms with Gasteiger partial charge in [0.05, 0.1) is 0 Å². The van der Waals surface area contributed by atoms with E-state index in [0.29, 0.717) is 12.5 Å². The molecule has 2 bridgehead atoms. The van der Waals surface area contributed by atoms with Gasteiger partial charge >= 0.3 is 0 Å². The zero-order valence-electron chi connectivity index (χ0n) is 10.2. The predicted octanol–water partition coefficient (Wildman–Crippen LogP) is 2.83. The summed E-state index contributed by atoms with van der Waals surface area (Å²) in [6.45, 7) is 0.665. The molecule has 0 spiro atoms. The lowest BCUT2D eigenvalue weighted by Crippen LogP contribution is -2.38. The highest BCUT2D eigenvalue weighted by atomic mass is 16.5. The largest absolute Gasteiger partial charge is 0.492 e. The van der Waals surface area contributed by atoms with Crippen molar-refractivity contribution >= 4 is 0 Å². The number of para-hydroxylation sites is 1. The molecule has 1 aromatic carbocycles. The Balaban J connectivity index is 1.52. The zero-order valence-corrected chi connectivity index (χ0v) is 10.2. The van der Waals surface area contributed by atoms with E-state index in [0.717, 1.165) is 17.6 Å². The molecule has 0 amide bonds. The van der Waals surface area contributed by atoms with Crippen LogP contribution in [-0.2, 0) is 0 Å². The Labute approximate surface area is 103 Å². The van der Waals surface area contributed by atoms with Crippen molar-refractivity contribution in [2.24, 2.45) is 23.5 Å². The number of rotatable bonds is 4. The van der Waals surface area contributed by atoms with E-state index in [4.69, 9.17) is 10.5 Å². The molecule has 4 unspecified atom stereocenters. The van der Waals surface area contributed by atoms with Crippen molar-refractivity contribution in [2.75, 3.05) is 6.61 Å². The molecule has 1 aromatic rings. The molecule has 2 aliphatic carbocycles. The molecule has 0 heterocycles. The fourth-order valence-electron chi connectivity index (χ4n) is 3.65.